The number of allylic oxidation sites excluding steroid dienone is 1. The van der Waals surface area contributed by atoms with Crippen molar-refractivity contribution in [3.05, 3.63) is 23.8 Å². The van der Waals surface area contributed by atoms with Crippen molar-refractivity contribution < 1.29 is 65.3 Å². The zero-order valence-corrected chi connectivity index (χ0v) is 21.2. The average Bonchev–Trinajstić information content (AvgIpc) is 2.41. The van der Waals surface area contributed by atoms with E-state index in [4.69, 9.17) is 0 Å². The monoisotopic (exact) mass is 530 g/mol. The van der Waals surface area contributed by atoms with E-state index in [-0.39, 0.29) is 19.6 Å². The summed E-state index contributed by atoms with van der Waals surface area (Å²) in [6.45, 7) is 12.0. The molecule has 0 rings (SSSR count). The third kappa shape index (κ3) is 34.8. The lowest BCUT2D eigenvalue weighted by molar-refractivity contribution is -0.342. The average molecular weight is 530 g/mol. The summed E-state index contributed by atoms with van der Waals surface area (Å²) >= 11 is 0. The largest absolute Gasteiger partial charge is 0.790 e. The molecule has 0 fully saturated rings. The molecule has 0 aliphatic heterocycles. The highest BCUT2D eigenvalue weighted by Crippen LogP contribution is 2.51. The highest BCUT2D eigenvalue weighted by molar-refractivity contribution is 7.59. The molecule has 31 heavy (non-hydrogen) atoms. The van der Waals surface area contributed by atoms with Crippen LogP contribution in [0.3, 0.4) is 0 Å². The standard InChI is InChI=1S/2C5H12O7P2.C3H8/c2*1-5(2)3-4-11-14(9,10)12-13(6,7)8;1-3-2/h3H,4H2,1-2H3,(H,9,10)(H2,6,7,8);1,3-4H2,2H3,(H,9,10)(H2,6,7,8);3H2,1-2H3/p-6. The van der Waals surface area contributed by atoms with Gasteiger partial charge < -0.3 is 47.5 Å². The predicted octanol–water partition coefficient (Wildman–Crippen LogP) is -0.0179. The molecule has 14 nitrogen and oxygen atoms in total. The van der Waals surface area contributed by atoms with Gasteiger partial charge in [-0.3, -0.25) is 17.8 Å². The summed E-state index contributed by atoms with van der Waals surface area (Å²) < 4.78 is 55.6. The van der Waals surface area contributed by atoms with Crippen LogP contribution in [0.15, 0.2) is 23.8 Å². The van der Waals surface area contributed by atoms with Crippen LogP contribution in [-0.4, -0.2) is 13.2 Å². The van der Waals surface area contributed by atoms with Crippen molar-refractivity contribution in [3.63, 3.8) is 0 Å². The van der Waals surface area contributed by atoms with E-state index in [1.807, 2.05) is 0 Å². The predicted molar refractivity (Wildman–Crippen MR) is 99.3 cm³/mol. The van der Waals surface area contributed by atoms with Gasteiger partial charge in [-0.2, -0.15) is 0 Å². The van der Waals surface area contributed by atoms with Crippen LogP contribution >= 0.6 is 31.3 Å². The van der Waals surface area contributed by atoms with Gasteiger partial charge in [-0.25, -0.2) is 0 Å². The molecular formula is C13H26O14P4-6. The molecule has 0 aliphatic rings. The van der Waals surface area contributed by atoms with Gasteiger partial charge in [0.2, 0.25) is 0 Å². The molecule has 0 aromatic carbocycles. The van der Waals surface area contributed by atoms with Gasteiger partial charge in [0, 0.05) is 0 Å². The van der Waals surface area contributed by atoms with Gasteiger partial charge >= 0.3 is 0 Å². The minimum atomic E-state index is -5.57. The van der Waals surface area contributed by atoms with Crippen molar-refractivity contribution in [2.24, 2.45) is 0 Å². The third-order valence-electron chi connectivity index (χ3n) is 1.90. The molecule has 0 saturated heterocycles. The maximum absolute atomic E-state index is 10.6. The summed E-state index contributed by atoms with van der Waals surface area (Å²) in [7, 11) is -21.2. The number of phosphoric ester groups is 2. The first-order valence-electron chi connectivity index (χ1n) is 8.32. The fourth-order valence-electron chi connectivity index (χ4n) is 0.919. The van der Waals surface area contributed by atoms with Crippen LogP contribution in [0.1, 0.15) is 47.5 Å². The van der Waals surface area contributed by atoms with Gasteiger partial charge in [-0.15, -0.1) is 6.58 Å². The first-order valence-corrected chi connectivity index (χ1v) is 14.2. The lowest BCUT2D eigenvalue weighted by Gasteiger charge is -2.35. The van der Waals surface area contributed by atoms with Crippen LogP contribution in [0.25, 0.3) is 0 Å². The van der Waals surface area contributed by atoms with Crippen molar-refractivity contribution in [2.75, 3.05) is 13.2 Å². The van der Waals surface area contributed by atoms with Crippen molar-refractivity contribution in [1.29, 1.82) is 0 Å². The van der Waals surface area contributed by atoms with Crippen LogP contribution in [-0.2, 0) is 35.9 Å². The molecule has 18 heteroatoms. The van der Waals surface area contributed by atoms with E-state index in [9.17, 15) is 47.6 Å². The van der Waals surface area contributed by atoms with Crippen molar-refractivity contribution >= 4 is 31.3 Å². The van der Waals surface area contributed by atoms with Gasteiger partial charge in [0.05, 0.1) is 28.9 Å². The van der Waals surface area contributed by atoms with Crippen molar-refractivity contribution in [2.45, 2.75) is 47.5 Å². The summed E-state index contributed by atoms with van der Waals surface area (Å²) in [6, 6.07) is 0. The number of rotatable bonds is 11. The SMILES string of the molecule is C=C(C)CCOP(=O)([O-])OP(=O)([O-])[O-].CC(C)=CCOP(=O)([O-])OP(=O)([O-])[O-].CCC. The van der Waals surface area contributed by atoms with Crippen molar-refractivity contribution in [3.8, 4) is 0 Å². The molecule has 0 aliphatic carbocycles. The fraction of sp³-hybridized carbons (Fsp3) is 0.692. The Labute approximate surface area is 181 Å². The first-order chi connectivity index (χ1) is 13.7. The molecule has 0 aromatic rings. The van der Waals surface area contributed by atoms with E-state index in [0.717, 1.165) is 5.57 Å². The lowest BCUT2D eigenvalue weighted by atomic mass is 10.3. The van der Waals surface area contributed by atoms with Gasteiger partial charge in [0.1, 0.15) is 0 Å². The van der Waals surface area contributed by atoms with Crippen molar-refractivity contribution in [1.82, 2.24) is 0 Å². The zero-order valence-electron chi connectivity index (χ0n) is 17.6. The Morgan fingerprint density at radius 1 is 0.806 bits per heavy atom. The fourth-order valence-corrected chi connectivity index (χ4v) is 3.83. The van der Waals surface area contributed by atoms with Crippen LogP contribution < -0.4 is 29.4 Å². The molecule has 0 spiro atoms. The van der Waals surface area contributed by atoms with E-state index < -0.39 is 31.3 Å². The normalized spacial score (nSPS) is 15.2. The summed E-state index contributed by atoms with van der Waals surface area (Å²) in [5, 5.41) is 0. The van der Waals surface area contributed by atoms with Crippen LogP contribution in [0.2, 0.25) is 0 Å². The zero-order chi connectivity index (χ0) is 25.5. The van der Waals surface area contributed by atoms with E-state index in [0.29, 0.717) is 5.57 Å². The Morgan fingerprint density at radius 2 is 1.16 bits per heavy atom. The Morgan fingerprint density at radius 3 is 1.45 bits per heavy atom. The molecule has 0 radical (unpaired) electrons. The summed E-state index contributed by atoms with van der Waals surface area (Å²) in [5.41, 5.74) is 1.43. The maximum atomic E-state index is 10.6. The molecule has 0 aromatic heterocycles. The Balaban J connectivity index is -0.000000448. The minimum absolute atomic E-state index is 0.220. The second-order valence-electron chi connectivity index (χ2n) is 5.78. The van der Waals surface area contributed by atoms with E-state index in [2.05, 4.69) is 38.1 Å². The molecule has 2 unspecified atom stereocenters. The second kappa shape index (κ2) is 16.6. The molecule has 0 heterocycles. The quantitative estimate of drug-likeness (QED) is 0.252. The van der Waals surface area contributed by atoms with Gasteiger partial charge in [-0.05, 0) is 27.2 Å². The maximum Gasteiger partial charge on any atom is 0.272 e. The highest BCUT2D eigenvalue weighted by Gasteiger charge is 2.11. The number of hydrogen-bond acceptors (Lipinski definition) is 14. The van der Waals surface area contributed by atoms with Crippen LogP contribution in [0, 0.1) is 0 Å². The van der Waals surface area contributed by atoms with Gasteiger partial charge in [0.25, 0.3) is 15.6 Å². The number of hydrogen-bond donors (Lipinski definition) is 0. The molecule has 0 N–H and O–H groups in total. The van der Waals surface area contributed by atoms with Gasteiger partial charge in [-0.1, -0.05) is 37.5 Å². The molecule has 0 saturated carbocycles. The smallest absolute Gasteiger partial charge is 0.272 e. The lowest BCUT2D eigenvalue weighted by Crippen LogP contribution is -2.19. The molecule has 0 bridgehead atoms. The topological polar surface area (TPSA) is 244 Å². The molecule has 0 amide bonds. The van der Waals surface area contributed by atoms with Crippen LogP contribution in [0.4, 0.5) is 0 Å². The van der Waals surface area contributed by atoms with Crippen LogP contribution in [0.5, 0.6) is 0 Å². The Hall–Kier alpha value is -0.0000000000000000971. The summed E-state index contributed by atoms with van der Waals surface area (Å²) in [5.74, 6) is 0. The highest BCUT2D eigenvalue weighted by atomic mass is 31.3. The molecule has 2 atom stereocenters. The van der Waals surface area contributed by atoms with E-state index in [1.54, 1.807) is 20.8 Å². The number of phosphoric acid groups is 4. The van der Waals surface area contributed by atoms with E-state index >= 15 is 0 Å². The Kier molecular flexibility index (Phi) is 19.0. The summed E-state index contributed by atoms with van der Waals surface area (Å²) in [4.78, 5) is 60.9. The second-order valence-corrected chi connectivity index (χ2v) is 11.2. The van der Waals surface area contributed by atoms with E-state index in [1.165, 1.54) is 12.5 Å². The molecular weight excluding hydrogens is 504 g/mol. The Bertz CT molecular complexity index is 732. The summed E-state index contributed by atoms with van der Waals surface area (Å²) in [6.07, 6.45) is 2.85. The third-order valence-corrected chi connectivity index (χ3v) is 6.07. The van der Waals surface area contributed by atoms with Gasteiger partial charge in [0.15, 0.2) is 0 Å². The molecule has 188 valence electrons. The minimum Gasteiger partial charge on any atom is -0.790 e. The first kappa shape index (κ1) is 35.6.